The molecule has 0 radical (unpaired) electrons. The maximum Gasteiger partial charge on any atom is 0.326 e. The van der Waals surface area contributed by atoms with Crippen LogP contribution in [0.4, 0.5) is 0 Å². The normalized spacial score (nSPS) is 12.9. The fraction of sp³-hybridized carbons (Fsp3) is 0.435. The largest absolute Gasteiger partial charge is 0.484 e. The number of rotatable bonds is 12. The number of carbonyl (C=O) groups excluding carboxylic acids is 2. The first-order valence-corrected chi connectivity index (χ1v) is 11.6. The predicted octanol–water partition coefficient (Wildman–Crippen LogP) is 3.07. The van der Waals surface area contributed by atoms with Gasteiger partial charge in [-0.2, -0.15) is 11.8 Å². The van der Waals surface area contributed by atoms with Gasteiger partial charge in [0.25, 0.3) is 5.91 Å². The Bertz CT molecular complexity index is 902. The van der Waals surface area contributed by atoms with Crippen LogP contribution in [0.2, 0.25) is 0 Å². The monoisotopic (exact) mass is 446 g/mol. The van der Waals surface area contributed by atoms with Crippen LogP contribution in [0.5, 0.6) is 5.75 Å². The summed E-state index contributed by atoms with van der Waals surface area (Å²) in [6, 6.07) is 11.6. The van der Waals surface area contributed by atoms with E-state index in [0.717, 1.165) is 10.8 Å². The van der Waals surface area contributed by atoms with E-state index in [2.05, 4.69) is 10.6 Å². The zero-order valence-electron chi connectivity index (χ0n) is 18.1. The van der Waals surface area contributed by atoms with Crippen molar-refractivity contribution in [3.63, 3.8) is 0 Å². The first kappa shape index (κ1) is 24.5. The molecule has 0 spiro atoms. The smallest absolute Gasteiger partial charge is 0.326 e. The number of carboxylic acid groups (broad SMARTS) is 1. The lowest BCUT2D eigenvalue weighted by Gasteiger charge is -2.22. The van der Waals surface area contributed by atoms with Crippen molar-refractivity contribution >= 4 is 40.3 Å². The SMILES string of the molecule is CSCC[C@H](NC(=O)COc1ccc2ccccc2c1)C(=O)N[C@@H](CC(C)C)C(=O)O. The summed E-state index contributed by atoms with van der Waals surface area (Å²) < 4.78 is 5.59. The van der Waals surface area contributed by atoms with Crippen LogP contribution in [-0.4, -0.2) is 53.6 Å². The fourth-order valence-corrected chi connectivity index (χ4v) is 3.58. The highest BCUT2D eigenvalue weighted by Crippen LogP contribution is 2.20. The summed E-state index contributed by atoms with van der Waals surface area (Å²) in [5, 5.41) is 16.7. The minimum absolute atomic E-state index is 0.107. The second kappa shape index (κ2) is 12.2. The van der Waals surface area contributed by atoms with Crippen LogP contribution in [-0.2, 0) is 14.4 Å². The number of thioether (sulfide) groups is 1. The summed E-state index contributed by atoms with van der Waals surface area (Å²) >= 11 is 1.54. The van der Waals surface area contributed by atoms with Gasteiger partial charge in [0.2, 0.25) is 5.91 Å². The first-order valence-electron chi connectivity index (χ1n) is 10.2. The van der Waals surface area contributed by atoms with Gasteiger partial charge in [0.15, 0.2) is 6.61 Å². The van der Waals surface area contributed by atoms with Gasteiger partial charge in [-0.05, 0) is 53.7 Å². The van der Waals surface area contributed by atoms with Gasteiger partial charge in [-0.15, -0.1) is 0 Å². The molecule has 0 unspecified atom stereocenters. The number of amides is 2. The average molecular weight is 447 g/mol. The zero-order valence-corrected chi connectivity index (χ0v) is 18.9. The Morgan fingerprint density at radius 1 is 1.03 bits per heavy atom. The standard InChI is InChI=1S/C23H30N2O5S/c1-15(2)12-20(23(28)29)25-22(27)19(10-11-31-3)24-21(26)14-30-18-9-8-16-6-4-5-7-17(16)13-18/h4-9,13,15,19-20H,10-12,14H2,1-3H3,(H,24,26)(H,25,27)(H,28,29)/t19-,20-/m0/s1. The third-order valence-electron chi connectivity index (χ3n) is 4.67. The summed E-state index contributed by atoms with van der Waals surface area (Å²) in [4.78, 5) is 36.5. The van der Waals surface area contributed by atoms with Crippen molar-refractivity contribution in [3.05, 3.63) is 42.5 Å². The summed E-state index contributed by atoms with van der Waals surface area (Å²) in [6.07, 6.45) is 2.61. The number of carboxylic acids is 1. The summed E-state index contributed by atoms with van der Waals surface area (Å²) in [7, 11) is 0. The Morgan fingerprint density at radius 2 is 1.74 bits per heavy atom. The maximum absolute atomic E-state index is 12.7. The van der Waals surface area contributed by atoms with E-state index in [4.69, 9.17) is 4.74 Å². The van der Waals surface area contributed by atoms with Gasteiger partial charge < -0.3 is 20.5 Å². The topological polar surface area (TPSA) is 105 Å². The Balaban J connectivity index is 1.96. The Labute approximate surface area is 186 Å². The van der Waals surface area contributed by atoms with Crippen LogP contribution >= 0.6 is 11.8 Å². The molecule has 0 bridgehead atoms. The summed E-state index contributed by atoms with van der Waals surface area (Å²) in [6.45, 7) is 3.54. The first-order chi connectivity index (χ1) is 14.8. The van der Waals surface area contributed by atoms with E-state index in [9.17, 15) is 19.5 Å². The molecule has 2 atom stereocenters. The molecule has 168 valence electrons. The van der Waals surface area contributed by atoms with Gasteiger partial charge in [-0.1, -0.05) is 44.2 Å². The summed E-state index contributed by atoms with van der Waals surface area (Å²) in [5.74, 6) is -0.716. The number of nitrogens with one attached hydrogen (secondary N) is 2. The van der Waals surface area contributed by atoms with Crippen molar-refractivity contribution in [1.29, 1.82) is 0 Å². The van der Waals surface area contributed by atoms with Crippen molar-refractivity contribution in [2.45, 2.75) is 38.8 Å². The van der Waals surface area contributed by atoms with Crippen LogP contribution < -0.4 is 15.4 Å². The quantitative estimate of drug-likeness (QED) is 0.463. The van der Waals surface area contributed by atoms with Gasteiger partial charge in [-0.3, -0.25) is 9.59 Å². The molecule has 0 saturated heterocycles. The average Bonchev–Trinajstić information content (AvgIpc) is 2.74. The zero-order chi connectivity index (χ0) is 22.8. The molecule has 0 aliphatic carbocycles. The van der Waals surface area contributed by atoms with Crippen molar-refractivity contribution in [2.75, 3.05) is 18.6 Å². The van der Waals surface area contributed by atoms with Crippen LogP contribution in [0.1, 0.15) is 26.7 Å². The Kier molecular flexibility index (Phi) is 9.65. The molecule has 3 N–H and O–H groups in total. The number of hydrogen-bond donors (Lipinski definition) is 3. The lowest BCUT2D eigenvalue weighted by Crippen LogP contribution is -2.52. The molecule has 0 fully saturated rings. The molecule has 0 saturated carbocycles. The molecule has 8 heteroatoms. The van der Waals surface area contributed by atoms with E-state index in [0.29, 0.717) is 24.3 Å². The van der Waals surface area contributed by atoms with Gasteiger partial charge in [0.05, 0.1) is 0 Å². The molecule has 7 nitrogen and oxygen atoms in total. The fourth-order valence-electron chi connectivity index (χ4n) is 3.11. The van der Waals surface area contributed by atoms with Crippen molar-refractivity contribution in [1.82, 2.24) is 10.6 Å². The van der Waals surface area contributed by atoms with Crippen molar-refractivity contribution in [3.8, 4) is 5.75 Å². The van der Waals surface area contributed by atoms with Crippen molar-refractivity contribution in [2.24, 2.45) is 5.92 Å². The molecule has 2 aromatic carbocycles. The van der Waals surface area contributed by atoms with Gasteiger partial charge >= 0.3 is 5.97 Å². The van der Waals surface area contributed by atoms with E-state index in [1.165, 1.54) is 0 Å². The van der Waals surface area contributed by atoms with Crippen LogP contribution in [0.15, 0.2) is 42.5 Å². The highest BCUT2D eigenvalue weighted by molar-refractivity contribution is 7.98. The number of fused-ring (bicyclic) bond motifs is 1. The minimum atomic E-state index is -1.09. The van der Waals surface area contributed by atoms with Crippen LogP contribution in [0.3, 0.4) is 0 Å². The molecule has 2 amide bonds. The van der Waals surface area contributed by atoms with Gasteiger partial charge in [0, 0.05) is 0 Å². The second-order valence-electron chi connectivity index (χ2n) is 7.73. The molecular weight excluding hydrogens is 416 g/mol. The maximum atomic E-state index is 12.7. The Hall–Kier alpha value is -2.74. The van der Waals surface area contributed by atoms with Crippen molar-refractivity contribution < 1.29 is 24.2 Å². The molecule has 0 aliphatic rings. The molecule has 0 aliphatic heterocycles. The molecule has 2 rings (SSSR count). The van der Waals surface area contributed by atoms with Gasteiger partial charge in [-0.25, -0.2) is 4.79 Å². The van der Waals surface area contributed by atoms with E-state index >= 15 is 0 Å². The molecule has 0 heterocycles. The lowest BCUT2D eigenvalue weighted by molar-refractivity contribution is -0.142. The minimum Gasteiger partial charge on any atom is -0.484 e. The third-order valence-corrected chi connectivity index (χ3v) is 5.32. The molecule has 0 aromatic heterocycles. The number of carbonyl (C=O) groups is 3. The molecular formula is C23H30N2O5S. The van der Waals surface area contributed by atoms with E-state index in [1.54, 1.807) is 17.8 Å². The van der Waals surface area contributed by atoms with Crippen LogP contribution in [0.25, 0.3) is 10.8 Å². The summed E-state index contributed by atoms with van der Waals surface area (Å²) in [5.41, 5.74) is 0. The highest BCUT2D eigenvalue weighted by atomic mass is 32.2. The second-order valence-corrected chi connectivity index (χ2v) is 8.71. The number of benzene rings is 2. The number of aliphatic carboxylic acids is 1. The number of hydrogen-bond acceptors (Lipinski definition) is 5. The van der Waals surface area contributed by atoms with E-state index in [1.807, 2.05) is 56.5 Å². The highest BCUT2D eigenvalue weighted by Gasteiger charge is 2.27. The molecule has 31 heavy (non-hydrogen) atoms. The Morgan fingerprint density at radius 3 is 2.39 bits per heavy atom. The van der Waals surface area contributed by atoms with Crippen LogP contribution in [0, 0.1) is 5.92 Å². The lowest BCUT2D eigenvalue weighted by atomic mass is 10.0. The van der Waals surface area contributed by atoms with E-state index in [-0.39, 0.29) is 12.5 Å². The number of ether oxygens (including phenoxy) is 1. The molecule has 2 aromatic rings. The predicted molar refractivity (Wildman–Crippen MR) is 123 cm³/mol. The van der Waals surface area contributed by atoms with Gasteiger partial charge in [0.1, 0.15) is 17.8 Å². The van der Waals surface area contributed by atoms with E-state index < -0.39 is 29.9 Å². The third kappa shape index (κ3) is 8.13.